The fourth-order valence-electron chi connectivity index (χ4n) is 1.38. The highest BCUT2D eigenvalue weighted by Gasteiger charge is 2.18. The van der Waals surface area contributed by atoms with Crippen molar-refractivity contribution in [1.82, 2.24) is 4.90 Å². The Balaban J connectivity index is 2.56. The summed E-state index contributed by atoms with van der Waals surface area (Å²) in [4.78, 5) is 14.5. The van der Waals surface area contributed by atoms with E-state index in [9.17, 15) is 4.79 Å². The second-order valence-corrected chi connectivity index (χ2v) is 4.88. The van der Waals surface area contributed by atoms with Crippen molar-refractivity contribution in [3.8, 4) is 0 Å². The zero-order valence-electron chi connectivity index (χ0n) is 10.5. The number of thiophene rings is 1. The van der Waals surface area contributed by atoms with Gasteiger partial charge in [0.15, 0.2) is 0 Å². The van der Waals surface area contributed by atoms with Crippen LogP contribution in [0.5, 0.6) is 0 Å². The molecular formula is C12H19NO3S. The second-order valence-electron chi connectivity index (χ2n) is 3.90. The van der Waals surface area contributed by atoms with Crippen LogP contribution in [0.4, 0.5) is 4.79 Å². The lowest BCUT2D eigenvalue weighted by Crippen LogP contribution is -2.19. The van der Waals surface area contributed by atoms with Crippen LogP contribution in [-0.2, 0) is 9.47 Å². The van der Waals surface area contributed by atoms with E-state index in [0.29, 0.717) is 6.61 Å². The molecule has 0 fully saturated rings. The molecule has 0 aliphatic rings. The van der Waals surface area contributed by atoms with Gasteiger partial charge in [-0.1, -0.05) is 6.07 Å². The van der Waals surface area contributed by atoms with Crippen molar-refractivity contribution < 1.29 is 14.3 Å². The first kappa shape index (κ1) is 14.0. The van der Waals surface area contributed by atoms with Gasteiger partial charge in [-0.3, -0.25) is 0 Å². The molecule has 0 spiro atoms. The van der Waals surface area contributed by atoms with Gasteiger partial charge < -0.3 is 14.4 Å². The number of carbonyl (C=O) groups is 1. The minimum atomic E-state index is -0.593. The zero-order chi connectivity index (χ0) is 12.7. The Hall–Kier alpha value is -1.07. The summed E-state index contributed by atoms with van der Waals surface area (Å²) in [6.07, 6.45) is -0.0344. The van der Waals surface area contributed by atoms with E-state index < -0.39 is 6.16 Å². The van der Waals surface area contributed by atoms with E-state index in [4.69, 9.17) is 9.47 Å². The van der Waals surface area contributed by atoms with Crippen molar-refractivity contribution >= 4 is 17.5 Å². The maximum absolute atomic E-state index is 11.3. The lowest BCUT2D eigenvalue weighted by molar-refractivity contribution is 0.0218. The molecule has 96 valence electrons. The highest BCUT2D eigenvalue weighted by molar-refractivity contribution is 7.10. The third-order valence-electron chi connectivity index (χ3n) is 2.20. The molecule has 1 aromatic rings. The quantitative estimate of drug-likeness (QED) is 0.734. The van der Waals surface area contributed by atoms with Gasteiger partial charge in [0.1, 0.15) is 6.10 Å². The van der Waals surface area contributed by atoms with Crippen molar-refractivity contribution in [2.75, 3.05) is 27.2 Å². The third kappa shape index (κ3) is 5.19. The zero-order valence-corrected chi connectivity index (χ0v) is 11.3. The largest absolute Gasteiger partial charge is 0.508 e. The molecule has 4 nitrogen and oxygen atoms in total. The summed E-state index contributed by atoms with van der Waals surface area (Å²) in [7, 11) is 3.99. The molecule has 1 unspecified atom stereocenters. The van der Waals surface area contributed by atoms with Crippen LogP contribution in [0.25, 0.3) is 0 Å². The van der Waals surface area contributed by atoms with E-state index in [1.54, 1.807) is 18.3 Å². The Bertz CT molecular complexity index is 325. The van der Waals surface area contributed by atoms with E-state index in [0.717, 1.165) is 17.8 Å². The Morgan fingerprint density at radius 2 is 2.29 bits per heavy atom. The monoisotopic (exact) mass is 257 g/mol. The van der Waals surface area contributed by atoms with E-state index in [2.05, 4.69) is 4.90 Å². The highest BCUT2D eigenvalue weighted by atomic mass is 32.1. The first-order valence-electron chi connectivity index (χ1n) is 5.65. The summed E-state index contributed by atoms with van der Waals surface area (Å²) in [5, 5.41) is 1.98. The van der Waals surface area contributed by atoms with Gasteiger partial charge in [-0.25, -0.2) is 4.79 Å². The van der Waals surface area contributed by atoms with Gasteiger partial charge in [0.05, 0.1) is 6.61 Å². The van der Waals surface area contributed by atoms with Crippen molar-refractivity contribution in [3.05, 3.63) is 22.4 Å². The molecular weight excluding hydrogens is 238 g/mol. The van der Waals surface area contributed by atoms with Gasteiger partial charge in [-0.2, -0.15) is 0 Å². The highest BCUT2D eigenvalue weighted by Crippen LogP contribution is 2.26. The van der Waals surface area contributed by atoms with Crippen molar-refractivity contribution in [2.24, 2.45) is 0 Å². The molecule has 0 bridgehead atoms. The van der Waals surface area contributed by atoms with Gasteiger partial charge >= 0.3 is 6.16 Å². The van der Waals surface area contributed by atoms with Crippen molar-refractivity contribution in [1.29, 1.82) is 0 Å². The van der Waals surface area contributed by atoms with Crippen LogP contribution in [0.3, 0.4) is 0 Å². The topological polar surface area (TPSA) is 38.8 Å². The van der Waals surface area contributed by atoms with Crippen LogP contribution in [0.15, 0.2) is 17.5 Å². The minimum absolute atomic E-state index is 0.212. The summed E-state index contributed by atoms with van der Waals surface area (Å²) < 4.78 is 10.1. The number of hydrogen-bond acceptors (Lipinski definition) is 5. The predicted octanol–water partition coefficient (Wildman–Crippen LogP) is 2.91. The number of nitrogens with zero attached hydrogens (tertiary/aromatic N) is 1. The SMILES string of the molecule is CCOC(=O)OC(CCN(C)C)c1cccs1. The van der Waals surface area contributed by atoms with E-state index in [-0.39, 0.29) is 6.10 Å². The molecule has 17 heavy (non-hydrogen) atoms. The third-order valence-corrected chi connectivity index (χ3v) is 3.16. The molecule has 0 radical (unpaired) electrons. The average molecular weight is 257 g/mol. The minimum Gasteiger partial charge on any atom is -0.435 e. The Morgan fingerprint density at radius 1 is 1.53 bits per heavy atom. The van der Waals surface area contributed by atoms with Gasteiger partial charge in [0.2, 0.25) is 0 Å². The van der Waals surface area contributed by atoms with Gasteiger partial charge in [0, 0.05) is 17.8 Å². The Kier molecular flexibility index (Phi) is 6.00. The number of rotatable bonds is 6. The normalized spacial score (nSPS) is 12.5. The van der Waals surface area contributed by atoms with Gasteiger partial charge in [-0.15, -0.1) is 11.3 Å². The molecule has 0 saturated heterocycles. The molecule has 1 aromatic heterocycles. The molecule has 1 rings (SSSR count). The fourth-order valence-corrected chi connectivity index (χ4v) is 2.17. The first-order valence-corrected chi connectivity index (χ1v) is 6.53. The van der Waals surface area contributed by atoms with Crippen LogP contribution in [0.1, 0.15) is 24.3 Å². The van der Waals surface area contributed by atoms with E-state index in [1.807, 2.05) is 31.6 Å². The van der Waals surface area contributed by atoms with Crippen LogP contribution < -0.4 is 0 Å². The summed E-state index contributed by atoms with van der Waals surface area (Å²) in [5.41, 5.74) is 0. The summed E-state index contributed by atoms with van der Waals surface area (Å²) >= 11 is 1.59. The molecule has 0 saturated carbocycles. The van der Waals surface area contributed by atoms with Gasteiger partial charge in [0.25, 0.3) is 0 Å². The lowest BCUT2D eigenvalue weighted by Gasteiger charge is -2.18. The van der Waals surface area contributed by atoms with Crippen molar-refractivity contribution in [2.45, 2.75) is 19.4 Å². The molecule has 0 N–H and O–H groups in total. The summed E-state index contributed by atoms with van der Waals surface area (Å²) in [5.74, 6) is 0. The first-order chi connectivity index (χ1) is 8.13. The number of carbonyl (C=O) groups excluding carboxylic acids is 1. The number of ether oxygens (including phenoxy) is 2. The molecule has 0 amide bonds. The lowest BCUT2D eigenvalue weighted by atomic mass is 10.2. The smallest absolute Gasteiger partial charge is 0.435 e. The van der Waals surface area contributed by atoms with Crippen molar-refractivity contribution in [3.63, 3.8) is 0 Å². The second kappa shape index (κ2) is 7.29. The molecule has 1 heterocycles. The molecule has 0 aromatic carbocycles. The maximum atomic E-state index is 11.3. The molecule has 5 heteroatoms. The molecule has 1 atom stereocenters. The standard InChI is InChI=1S/C12H19NO3S/c1-4-15-12(14)16-10(7-8-13(2)3)11-6-5-9-17-11/h5-6,9-10H,4,7-8H2,1-3H3. The van der Waals surface area contributed by atoms with Crippen LogP contribution in [-0.4, -0.2) is 38.3 Å². The predicted molar refractivity (Wildman–Crippen MR) is 68.3 cm³/mol. The Morgan fingerprint density at radius 3 is 2.82 bits per heavy atom. The van der Waals surface area contributed by atoms with E-state index >= 15 is 0 Å². The number of hydrogen-bond donors (Lipinski definition) is 0. The summed E-state index contributed by atoms with van der Waals surface area (Å²) in [6.45, 7) is 2.97. The fraction of sp³-hybridized carbons (Fsp3) is 0.583. The average Bonchev–Trinajstić information content (AvgIpc) is 2.77. The summed E-state index contributed by atoms with van der Waals surface area (Å²) in [6, 6.07) is 3.93. The maximum Gasteiger partial charge on any atom is 0.508 e. The Labute approximate surface area is 106 Å². The van der Waals surface area contributed by atoms with E-state index in [1.165, 1.54) is 0 Å². The van der Waals surface area contributed by atoms with Crippen LogP contribution in [0.2, 0.25) is 0 Å². The molecule has 0 aliphatic heterocycles. The van der Waals surface area contributed by atoms with Crippen LogP contribution in [0, 0.1) is 0 Å². The van der Waals surface area contributed by atoms with Crippen LogP contribution >= 0.6 is 11.3 Å². The molecule has 0 aliphatic carbocycles. The van der Waals surface area contributed by atoms with Gasteiger partial charge in [-0.05, 0) is 32.5 Å².